The average molecular weight is 520 g/mol. The molecule has 0 saturated carbocycles. The van der Waals surface area contributed by atoms with E-state index < -0.39 is 0 Å². The first kappa shape index (κ1) is 23.9. The van der Waals surface area contributed by atoms with Gasteiger partial charge in [-0.05, 0) is 69.2 Å². The van der Waals surface area contributed by atoms with Crippen LogP contribution in [0.4, 0.5) is 0 Å². The first-order valence-corrected chi connectivity index (χ1v) is 11.6. The zero-order chi connectivity index (χ0) is 18.9. The number of piperidine rings is 1. The van der Waals surface area contributed by atoms with Crippen LogP contribution < -0.4 is 10.6 Å². The highest BCUT2D eigenvalue weighted by Crippen LogP contribution is 2.27. The SMILES string of the molecule is CN=C(NCC(C)CN1CCCCC1)NCC(c1cccs1)N1CCCC1.I. The Balaban J connectivity index is 0.00000280. The molecule has 2 saturated heterocycles. The fourth-order valence-corrected chi connectivity index (χ4v) is 5.14. The number of hydrogen-bond acceptors (Lipinski definition) is 4. The highest BCUT2D eigenvalue weighted by Gasteiger charge is 2.24. The second-order valence-electron chi connectivity index (χ2n) is 8.07. The monoisotopic (exact) mass is 519 g/mol. The van der Waals surface area contributed by atoms with Gasteiger partial charge in [0.1, 0.15) is 0 Å². The number of thiophene rings is 1. The summed E-state index contributed by atoms with van der Waals surface area (Å²) in [6.45, 7) is 10.4. The van der Waals surface area contributed by atoms with Gasteiger partial charge >= 0.3 is 0 Å². The van der Waals surface area contributed by atoms with E-state index in [0.29, 0.717) is 12.0 Å². The molecule has 0 amide bonds. The standard InChI is InChI=1S/C21H37N5S.HI/c1-18(17-25-10-4-3-5-11-25)15-23-21(22-2)24-16-19(20-9-8-14-27-20)26-12-6-7-13-26;/h8-9,14,18-19H,3-7,10-13,15-17H2,1-2H3,(H2,22,23,24);1H. The zero-order valence-corrected chi connectivity index (χ0v) is 20.7. The van der Waals surface area contributed by atoms with Crippen molar-refractivity contribution in [1.82, 2.24) is 20.4 Å². The smallest absolute Gasteiger partial charge is 0.191 e. The minimum Gasteiger partial charge on any atom is -0.356 e. The topological polar surface area (TPSA) is 42.9 Å². The maximum absolute atomic E-state index is 4.45. The third-order valence-corrected chi connectivity index (χ3v) is 6.75. The van der Waals surface area contributed by atoms with E-state index in [0.717, 1.165) is 19.0 Å². The molecule has 7 heteroatoms. The lowest BCUT2D eigenvalue weighted by atomic mass is 10.1. The predicted molar refractivity (Wildman–Crippen MR) is 132 cm³/mol. The molecule has 1 aromatic rings. The Labute approximate surface area is 192 Å². The predicted octanol–water partition coefficient (Wildman–Crippen LogP) is 3.79. The van der Waals surface area contributed by atoms with E-state index in [4.69, 9.17) is 0 Å². The number of nitrogens with one attached hydrogen (secondary N) is 2. The lowest BCUT2D eigenvalue weighted by Gasteiger charge is -2.30. The summed E-state index contributed by atoms with van der Waals surface area (Å²) in [5, 5.41) is 9.32. The number of hydrogen-bond donors (Lipinski definition) is 2. The Hall–Kier alpha value is -0.380. The van der Waals surface area contributed by atoms with Crippen LogP contribution in [-0.2, 0) is 0 Å². The Kier molecular flexibility index (Phi) is 11.1. The van der Waals surface area contributed by atoms with Gasteiger partial charge in [0, 0.05) is 31.6 Å². The molecule has 0 radical (unpaired) electrons. The number of aliphatic imine (C=N–C) groups is 1. The Morgan fingerprint density at radius 1 is 1.07 bits per heavy atom. The van der Waals surface area contributed by atoms with Gasteiger partial charge in [0.25, 0.3) is 0 Å². The maximum atomic E-state index is 4.45. The van der Waals surface area contributed by atoms with E-state index in [-0.39, 0.29) is 24.0 Å². The molecular weight excluding hydrogens is 481 g/mol. The fraction of sp³-hybridized carbons (Fsp3) is 0.762. The Bertz CT molecular complexity index is 553. The molecule has 2 unspecified atom stereocenters. The van der Waals surface area contributed by atoms with Crippen molar-refractivity contribution < 1.29 is 0 Å². The molecular formula is C21H38IN5S. The molecule has 2 N–H and O–H groups in total. The van der Waals surface area contributed by atoms with Crippen molar-refractivity contribution in [3.8, 4) is 0 Å². The minimum atomic E-state index is 0. The van der Waals surface area contributed by atoms with E-state index in [1.54, 1.807) is 0 Å². The van der Waals surface area contributed by atoms with E-state index in [2.05, 4.69) is 49.9 Å². The van der Waals surface area contributed by atoms with Crippen molar-refractivity contribution in [1.29, 1.82) is 0 Å². The van der Waals surface area contributed by atoms with Crippen molar-refractivity contribution in [2.75, 3.05) is 52.9 Å². The van der Waals surface area contributed by atoms with Crippen LogP contribution in [0.25, 0.3) is 0 Å². The highest BCUT2D eigenvalue weighted by atomic mass is 127. The van der Waals surface area contributed by atoms with Gasteiger partial charge in [0.05, 0.1) is 6.04 Å². The number of nitrogens with zero attached hydrogens (tertiary/aromatic N) is 3. The summed E-state index contributed by atoms with van der Waals surface area (Å²) in [5.74, 6) is 1.56. The molecule has 3 heterocycles. The third kappa shape index (κ3) is 7.46. The van der Waals surface area contributed by atoms with Crippen molar-refractivity contribution >= 4 is 41.3 Å². The van der Waals surface area contributed by atoms with Gasteiger partial charge in [0.2, 0.25) is 0 Å². The van der Waals surface area contributed by atoms with Crippen LogP contribution in [0.5, 0.6) is 0 Å². The molecule has 2 aliphatic rings. The van der Waals surface area contributed by atoms with Gasteiger partial charge in [-0.25, -0.2) is 0 Å². The van der Waals surface area contributed by atoms with Crippen LogP contribution in [0.3, 0.4) is 0 Å². The van der Waals surface area contributed by atoms with Crippen LogP contribution in [0.15, 0.2) is 22.5 Å². The number of rotatable bonds is 8. The molecule has 3 rings (SSSR count). The summed E-state index contributed by atoms with van der Waals surface area (Å²) in [5.41, 5.74) is 0. The molecule has 2 fully saturated rings. The molecule has 0 aromatic carbocycles. The normalized spacial score (nSPS) is 21.1. The summed E-state index contributed by atoms with van der Waals surface area (Å²) >= 11 is 1.87. The van der Waals surface area contributed by atoms with Crippen LogP contribution in [-0.4, -0.2) is 68.6 Å². The molecule has 2 aliphatic heterocycles. The van der Waals surface area contributed by atoms with E-state index in [1.807, 2.05) is 18.4 Å². The van der Waals surface area contributed by atoms with E-state index in [9.17, 15) is 0 Å². The summed E-state index contributed by atoms with van der Waals surface area (Å²) in [6, 6.07) is 4.89. The molecule has 5 nitrogen and oxygen atoms in total. The summed E-state index contributed by atoms with van der Waals surface area (Å²) in [7, 11) is 1.88. The number of guanidine groups is 1. The summed E-state index contributed by atoms with van der Waals surface area (Å²) < 4.78 is 0. The molecule has 160 valence electrons. The quantitative estimate of drug-likeness (QED) is 0.312. The first-order chi connectivity index (χ1) is 13.3. The lowest BCUT2D eigenvalue weighted by Crippen LogP contribution is -2.45. The third-order valence-electron chi connectivity index (χ3n) is 5.78. The van der Waals surface area contributed by atoms with Gasteiger partial charge in [-0.1, -0.05) is 19.4 Å². The largest absolute Gasteiger partial charge is 0.356 e. The Morgan fingerprint density at radius 3 is 2.39 bits per heavy atom. The number of likely N-dealkylation sites (tertiary alicyclic amines) is 2. The van der Waals surface area contributed by atoms with E-state index >= 15 is 0 Å². The molecule has 2 atom stereocenters. The minimum absolute atomic E-state index is 0. The second-order valence-corrected chi connectivity index (χ2v) is 9.05. The number of halogens is 1. The van der Waals surface area contributed by atoms with Crippen LogP contribution >= 0.6 is 35.3 Å². The summed E-state index contributed by atoms with van der Waals surface area (Å²) in [4.78, 5) is 11.1. The van der Waals surface area contributed by atoms with Gasteiger partial charge in [-0.3, -0.25) is 9.89 Å². The van der Waals surface area contributed by atoms with Gasteiger partial charge in [-0.15, -0.1) is 35.3 Å². The fourth-order valence-electron chi connectivity index (χ4n) is 4.28. The molecule has 28 heavy (non-hydrogen) atoms. The molecule has 0 spiro atoms. The lowest BCUT2D eigenvalue weighted by molar-refractivity contribution is 0.201. The van der Waals surface area contributed by atoms with Crippen LogP contribution in [0, 0.1) is 5.92 Å². The van der Waals surface area contributed by atoms with Crippen molar-refractivity contribution in [3.05, 3.63) is 22.4 Å². The molecule has 0 bridgehead atoms. The molecule has 1 aromatic heterocycles. The van der Waals surface area contributed by atoms with Gasteiger partial charge in [-0.2, -0.15) is 0 Å². The average Bonchev–Trinajstić information content (AvgIpc) is 3.40. The first-order valence-electron chi connectivity index (χ1n) is 10.7. The van der Waals surface area contributed by atoms with Crippen molar-refractivity contribution in [2.24, 2.45) is 10.9 Å². The van der Waals surface area contributed by atoms with Crippen LogP contribution in [0.2, 0.25) is 0 Å². The molecule has 0 aliphatic carbocycles. The van der Waals surface area contributed by atoms with E-state index in [1.165, 1.54) is 69.7 Å². The maximum Gasteiger partial charge on any atom is 0.191 e. The van der Waals surface area contributed by atoms with Gasteiger partial charge < -0.3 is 15.5 Å². The Morgan fingerprint density at radius 2 is 1.75 bits per heavy atom. The van der Waals surface area contributed by atoms with Gasteiger partial charge in [0.15, 0.2) is 5.96 Å². The van der Waals surface area contributed by atoms with Crippen LogP contribution in [0.1, 0.15) is 49.9 Å². The van der Waals surface area contributed by atoms with Crippen molar-refractivity contribution in [3.63, 3.8) is 0 Å². The zero-order valence-electron chi connectivity index (χ0n) is 17.5. The summed E-state index contributed by atoms with van der Waals surface area (Å²) in [6.07, 6.45) is 6.78. The van der Waals surface area contributed by atoms with Crippen molar-refractivity contribution in [2.45, 2.75) is 45.1 Å². The second kappa shape index (κ2) is 13.0. The highest BCUT2D eigenvalue weighted by molar-refractivity contribution is 14.0.